The number of hydrogen-bond acceptors (Lipinski definition) is 6. The molecule has 2 atom stereocenters. The zero-order valence-electron chi connectivity index (χ0n) is 18.0. The number of phenolic OH excluding ortho intramolecular Hbond substituents is 1. The van der Waals surface area contributed by atoms with Gasteiger partial charge in [-0.05, 0) is 48.2 Å². The molecule has 7 heteroatoms. The second-order valence-electron chi connectivity index (χ2n) is 9.06. The van der Waals surface area contributed by atoms with Crippen LogP contribution in [0.4, 0.5) is 0 Å². The van der Waals surface area contributed by atoms with Crippen molar-refractivity contribution >= 4 is 11.9 Å². The molecular weight excluding hydrogens is 418 g/mol. The van der Waals surface area contributed by atoms with E-state index in [-0.39, 0.29) is 28.8 Å². The Bertz CT molecular complexity index is 1350. The van der Waals surface area contributed by atoms with Crippen molar-refractivity contribution in [3.63, 3.8) is 0 Å². The molecule has 0 unspecified atom stereocenters. The van der Waals surface area contributed by atoms with Gasteiger partial charge in [0.15, 0.2) is 5.76 Å². The maximum Gasteiger partial charge on any atom is 0.250 e. The second-order valence-corrected chi connectivity index (χ2v) is 9.06. The van der Waals surface area contributed by atoms with E-state index in [0.717, 1.165) is 30.8 Å². The average Bonchev–Trinajstić information content (AvgIpc) is 3.12. The number of allylic oxidation sites excluding steroid dienone is 1. The summed E-state index contributed by atoms with van der Waals surface area (Å²) in [6.45, 7) is 2.81. The molecule has 7 nitrogen and oxygen atoms in total. The Balaban J connectivity index is 1.29. The number of hydrogen-bond donors (Lipinski definition) is 1. The van der Waals surface area contributed by atoms with Crippen LogP contribution in [0.5, 0.6) is 11.5 Å². The van der Waals surface area contributed by atoms with Crippen LogP contribution in [-0.4, -0.2) is 38.4 Å². The normalized spacial score (nSPS) is 22.7. The summed E-state index contributed by atoms with van der Waals surface area (Å²) < 4.78 is 7.90. The second kappa shape index (κ2) is 7.71. The average molecular weight is 441 g/mol. The number of carbonyl (C=O) groups is 1. The zero-order valence-corrected chi connectivity index (χ0v) is 18.0. The third-order valence-corrected chi connectivity index (χ3v) is 6.84. The van der Waals surface area contributed by atoms with Gasteiger partial charge in [-0.3, -0.25) is 19.5 Å². The maximum absolute atomic E-state index is 12.9. The molecule has 1 aromatic carbocycles. The number of phenols is 1. The number of ketones is 1. The number of piperidine rings is 1. The van der Waals surface area contributed by atoms with Gasteiger partial charge in [0, 0.05) is 56.3 Å². The summed E-state index contributed by atoms with van der Waals surface area (Å²) in [4.78, 5) is 31.6. The van der Waals surface area contributed by atoms with Gasteiger partial charge in [0.1, 0.15) is 11.5 Å². The van der Waals surface area contributed by atoms with Crippen LogP contribution in [0, 0.1) is 5.92 Å². The molecule has 33 heavy (non-hydrogen) atoms. The third kappa shape index (κ3) is 3.45. The Labute approximate surface area is 190 Å². The van der Waals surface area contributed by atoms with Gasteiger partial charge in [-0.15, -0.1) is 0 Å². The minimum absolute atomic E-state index is 0.0639. The predicted octanol–water partition coefficient (Wildman–Crippen LogP) is 3.18. The molecule has 166 valence electrons. The Morgan fingerprint density at radius 3 is 2.85 bits per heavy atom. The lowest BCUT2D eigenvalue weighted by Crippen LogP contribution is -2.46. The molecule has 2 bridgehead atoms. The number of nitrogens with zero attached hydrogens (tertiary/aromatic N) is 3. The van der Waals surface area contributed by atoms with E-state index in [0.29, 0.717) is 35.9 Å². The van der Waals surface area contributed by atoms with Gasteiger partial charge in [0.2, 0.25) is 5.78 Å². The standard InChI is InChI=1S/C26H23N3O4/c30-22-7-6-19-25(32)23(10-16-3-2-8-27-11-16)33-26(19)20(22)15-28-12-17-9-18(14-28)21-4-1-5-24(31)29(21)13-17/h1-8,10-11,17-18,30H,9,12-15H2/t17-,18-/m0/s1. The van der Waals surface area contributed by atoms with Gasteiger partial charge >= 0.3 is 0 Å². The molecule has 0 spiro atoms. The van der Waals surface area contributed by atoms with Crippen molar-refractivity contribution in [3.05, 3.63) is 93.4 Å². The van der Waals surface area contributed by atoms with Crippen molar-refractivity contribution in [2.24, 2.45) is 5.92 Å². The number of pyridine rings is 2. The molecule has 6 rings (SSSR count). The molecule has 0 aliphatic carbocycles. The first-order valence-corrected chi connectivity index (χ1v) is 11.2. The summed E-state index contributed by atoms with van der Waals surface area (Å²) in [7, 11) is 0. The van der Waals surface area contributed by atoms with Crippen LogP contribution in [0.25, 0.3) is 6.08 Å². The van der Waals surface area contributed by atoms with Crippen LogP contribution in [-0.2, 0) is 13.1 Å². The number of aromatic nitrogens is 2. The van der Waals surface area contributed by atoms with E-state index in [9.17, 15) is 14.7 Å². The lowest BCUT2D eigenvalue weighted by atomic mass is 9.83. The lowest BCUT2D eigenvalue weighted by Gasteiger charge is -2.42. The minimum atomic E-state index is -0.195. The van der Waals surface area contributed by atoms with Gasteiger partial charge in [-0.1, -0.05) is 12.1 Å². The number of aromatic hydroxyl groups is 1. The largest absolute Gasteiger partial charge is 0.507 e. The number of carbonyl (C=O) groups excluding carboxylic acids is 1. The van der Waals surface area contributed by atoms with E-state index in [2.05, 4.69) is 9.88 Å². The SMILES string of the molecule is O=C1C(=Cc2cccnc2)Oc2c1ccc(O)c2CN1C[C@@H]2C[C@@H](C1)c1cccc(=O)n1C2. The Morgan fingerprint density at radius 2 is 2.00 bits per heavy atom. The highest BCUT2D eigenvalue weighted by Crippen LogP contribution is 2.42. The van der Waals surface area contributed by atoms with E-state index >= 15 is 0 Å². The molecule has 3 aliphatic rings. The van der Waals surface area contributed by atoms with Gasteiger partial charge in [-0.25, -0.2) is 0 Å². The zero-order chi connectivity index (χ0) is 22.5. The molecule has 3 aliphatic heterocycles. The molecule has 0 radical (unpaired) electrons. The highest BCUT2D eigenvalue weighted by Gasteiger charge is 2.36. The van der Waals surface area contributed by atoms with Crippen molar-refractivity contribution < 1.29 is 14.6 Å². The number of fused-ring (bicyclic) bond motifs is 5. The van der Waals surface area contributed by atoms with E-state index < -0.39 is 0 Å². The number of Topliss-reactive ketones (excluding diaryl/α,β-unsaturated/α-hetero) is 1. The Kier molecular flexibility index (Phi) is 4.66. The third-order valence-electron chi connectivity index (χ3n) is 6.84. The van der Waals surface area contributed by atoms with Gasteiger partial charge in [-0.2, -0.15) is 0 Å². The summed E-state index contributed by atoms with van der Waals surface area (Å²) in [5, 5.41) is 10.7. The number of benzene rings is 1. The molecule has 0 saturated carbocycles. The number of rotatable bonds is 3. The van der Waals surface area contributed by atoms with Crippen molar-refractivity contribution in [3.8, 4) is 11.5 Å². The maximum atomic E-state index is 12.9. The first-order valence-electron chi connectivity index (χ1n) is 11.2. The molecule has 1 fully saturated rings. The van der Waals surface area contributed by atoms with Crippen LogP contribution < -0.4 is 10.3 Å². The highest BCUT2D eigenvalue weighted by molar-refractivity contribution is 6.14. The van der Waals surface area contributed by atoms with E-state index in [1.165, 1.54) is 0 Å². The van der Waals surface area contributed by atoms with Crippen molar-refractivity contribution in [1.82, 2.24) is 14.5 Å². The molecule has 1 N–H and O–H groups in total. The first-order chi connectivity index (χ1) is 16.1. The van der Waals surface area contributed by atoms with E-state index in [1.54, 1.807) is 42.7 Å². The first kappa shape index (κ1) is 19.9. The van der Waals surface area contributed by atoms with E-state index in [1.807, 2.05) is 22.8 Å². The van der Waals surface area contributed by atoms with Crippen LogP contribution in [0.1, 0.15) is 39.5 Å². The molecule has 0 amide bonds. The lowest BCUT2D eigenvalue weighted by molar-refractivity contribution is 0.101. The molecule has 5 heterocycles. The summed E-state index contributed by atoms with van der Waals surface area (Å²) in [5.74, 6) is 1.24. The van der Waals surface area contributed by atoms with Crippen molar-refractivity contribution in [2.45, 2.75) is 25.4 Å². The fourth-order valence-corrected chi connectivity index (χ4v) is 5.41. The van der Waals surface area contributed by atoms with Crippen LogP contribution >= 0.6 is 0 Å². The van der Waals surface area contributed by atoms with Crippen molar-refractivity contribution in [1.29, 1.82) is 0 Å². The topological polar surface area (TPSA) is 84.7 Å². The van der Waals surface area contributed by atoms with Crippen LogP contribution in [0.3, 0.4) is 0 Å². The van der Waals surface area contributed by atoms with Crippen LogP contribution in [0.2, 0.25) is 0 Å². The monoisotopic (exact) mass is 441 g/mol. The minimum Gasteiger partial charge on any atom is -0.507 e. The van der Waals surface area contributed by atoms with Gasteiger partial charge in [0.05, 0.1) is 11.1 Å². The highest BCUT2D eigenvalue weighted by atomic mass is 16.5. The summed E-state index contributed by atoms with van der Waals surface area (Å²) in [6.07, 6.45) is 6.08. The summed E-state index contributed by atoms with van der Waals surface area (Å²) in [5.41, 5.74) is 3.01. The fourth-order valence-electron chi connectivity index (χ4n) is 5.41. The van der Waals surface area contributed by atoms with Crippen LogP contribution in [0.15, 0.2) is 65.4 Å². The molecule has 2 aromatic heterocycles. The molecule has 3 aromatic rings. The number of ether oxygens (including phenoxy) is 1. The van der Waals surface area contributed by atoms with Gasteiger partial charge in [0.25, 0.3) is 5.56 Å². The Hall–Kier alpha value is -3.71. The Morgan fingerprint density at radius 1 is 1.09 bits per heavy atom. The van der Waals surface area contributed by atoms with Gasteiger partial charge < -0.3 is 14.4 Å². The number of likely N-dealkylation sites (tertiary alicyclic amines) is 1. The fraction of sp³-hybridized carbons (Fsp3) is 0.269. The molecule has 1 saturated heterocycles. The van der Waals surface area contributed by atoms with E-state index in [4.69, 9.17) is 4.74 Å². The summed E-state index contributed by atoms with van der Waals surface area (Å²) >= 11 is 0. The van der Waals surface area contributed by atoms with Crippen molar-refractivity contribution in [2.75, 3.05) is 13.1 Å². The quantitative estimate of drug-likeness (QED) is 0.629. The predicted molar refractivity (Wildman–Crippen MR) is 122 cm³/mol. The summed E-state index contributed by atoms with van der Waals surface area (Å²) in [6, 6.07) is 12.3. The molecular formula is C26H23N3O4. The smallest absolute Gasteiger partial charge is 0.250 e.